The summed E-state index contributed by atoms with van der Waals surface area (Å²) in [6, 6.07) is 20.2. The zero-order valence-electron chi connectivity index (χ0n) is 13.1. The van der Waals surface area contributed by atoms with Gasteiger partial charge in [-0.15, -0.1) is 0 Å². The van der Waals surface area contributed by atoms with Crippen molar-refractivity contribution in [3.63, 3.8) is 0 Å². The van der Waals surface area contributed by atoms with E-state index in [-0.39, 0.29) is 11.7 Å². The van der Waals surface area contributed by atoms with Crippen molar-refractivity contribution in [2.75, 3.05) is 5.32 Å². The van der Waals surface area contributed by atoms with E-state index in [1.54, 1.807) is 18.2 Å². The lowest BCUT2D eigenvalue weighted by Crippen LogP contribution is -2.11. The van der Waals surface area contributed by atoms with E-state index in [1.165, 1.54) is 24.3 Å². The Hall–Kier alpha value is -3.47. The lowest BCUT2D eigenvalue weighted by molar-refractivity contribution is 0.102. The number of nitrogens with one attached hydrogen (secondary N) is 1. The van der Waals surface area contributed by atoms with Crippen molar-refractivity contribution in [1.82, 2.24) is 4.98 Å². The molecular weight excluding hydrogens is 319 g/mol. The number of benzene rings is 3. The molecule has 0 bridgehead atoms. The molecule has 122 valence electrons. The summed E-state index contributed by atoms with van der Waals surface area (Å²) in [6.07, 6.45) is 0. The summed E-state index contributed by atoms with van der Waals surface area (Å²) in [5, 5.41) is 2.78. The molecule has 1 N–H and O–H groups in total. The average molecular weight is 332 g/mol. The van der Waals surface area contributed by atoms with Gasteiger partial charge in [0.05, 0.1) is 0 Å². The summed E-state index contributed by atoms with van der Waals surface area (Å²) in [5.74, 6) is -0.169. The van der Waals surface area contributed by atoms with E-state index in [9.17, 15) is 9.18 Å². The second-order valence-corrected chi connectivity index (χ2v) is 5.53. The van der Waals surface area contributed by atoms with Crippen LogP contribution in [0.3, 0.4) is 0 Å². The number of carbonyl (C=O) groups excluding carboxylic acids is 1. The highest BCUT2D eigenvalue weighted by Gasteiger charge is 2.10. The van der Waals surface area contributed by atoms with Gasteiger partial charge in [0, 0.05) is 16.8 Å². The Morgan fingerprint density at radius 3 is 2.48 bits per heavy atom. The maximum Gasteiger partial charge on any atom is 0.255 e. The molecule has 0 unspecified atom stereocenters. The fraction of sp³-hybridized carbons (Fsp3) is 0. The normalized spacial score (nSPS) is 10.8. The number of nitrogens with zero attached hydrogens (tertiary/aromatic N) is 1. The summed E-state index contributed by atoms with van der Waals surface area (Å²) < 4.78 is 18.7. The predicted octanol–water partition coefficient (Wildman–Crippen LogP) is 4.89. The van der Waals surface area contributed by atoms with Crippen molar-refractivity contribution in [1.29, 1.82) is 0 Å². The molecule has 0 spiro atoms. The third-order valence-corrected chi connectivity index (χ3v) is 3.77. The van der Waals surface area contributed by atoms with Gasteiger partial charge in [0.15, 0.2) is 5.58 Å². The minimum atomic E-state index is -0.381. The number of aromatic nitrogens is 1. The molecule has 4 rings (SSSR count). The number of fused-ring (bicyclic) bond motifs is 1. The summed E-state index contributed by atoms with van der Waals surface area (Å²) in [4.78, 5) is 16.7. The first kappa shape index (κ1) is 15.1. The fourth-order valence-corrected chi connectivity index (χ4v) is 2.51. The molecule has 0 atom stereocenters. The third kappa shape index (κ3) is 3.12. The molecule has 3 aromatic carbocycles. The summed E-state index contributed by atoms with van der Waals surface area (Å²) >= 11 is 0. The molecule has 0 aliphatic rings. The van der Waals surface area contributed by atoms with Crippen molar-refractivity contribution in [3.05, 3.63) is 84.2 Å². The van der Waals surface area contributed by atoms with Gasteiger partial charge in [0.25, 0.3) is 5.91 Å². The number of anilines is 1. The van der Waals surface area contributed by atoms with Gasteiger partial charge < -0.3 is 9.73 Å². The van der Waals surface area contributed by atoms with Crippen LogP contribution in [-0.4, -0.2) is 10.9 Å². The molecule has 4 nitrogen and oxygen atoms in total. The van der Waals surface area contributed by atoms with E-state index < -0.39 is 0 Å². The minimum absolute atomic E-state index is 0.314. The summed E-state index contributed by atoms with van der Waals surface area (Å²) in [7, 11) is 0. The molecule has 0 saturated heterocycles. The van der Waals surface area contributed by atoms with Crippen LogP contribution in [0, 0.1) is 5.82 Å². The Morgan fingerprint density at radius 1 is 0.960 bits per heavy atom. The molecule has 5 heteroatoms. The van der Waals surface area contributed by atoms with Crippen molar-refractivity contribution in [2.24, 2.45) is 0 Å². The molecule has 0 fully saturated rings. The smallest absolute Gasteiger partial charge is 0.255 e. The van der Waals surface area contributed by atoms with E-state index in [0.29, 0.717) is 28.2 Å². The molecule has 0 aliphatic carbocycles. The third-order valence-electron chi connectivity index (χ3n) is 3.77. The van der Waals surface area contributed by atoms with Gasteiger partial charge in [-0.25, -0.2) is 9.37 Å². The molecule has 1 heterocycles. The Morgan fingerprint density at radius 2 is 1.72 bits per heavy atom. The minimum Gasteiger partial charge on any atom is -0.436 e. The number of halogens is 1. The predicted molar refractivity (Wildman–Crippen MR) is 93.8 cm³/mol. The van der Waals surface area contributed by atoms with E-state index in [4.69, 9.17) is 4.42 Å². The Bertz CT molecular complexity index is 1040. The molecule has 0 saturated carbocycles. The lowest BCUT2D eigenvalue weighted by atomic mass is 10.2. The Balaban J connectivity index is 1.61. The fourth-order valence-electron chi connectivity index (χ4n) is 2.51. The van der Waals surface area contributed by atoms with E-state index >= 15 is 0 Å². The molecule has 4 aromatic rings. The molecule has 25 heavy (non-hydrogen) atoms. The highest BCUT2D eigenvalue weighted by molar-refractivity contribution is 6.04. The number of hydrogen-bond donors (Lipinski definition) is 1. The molecule has 0 aliphatic heterocycles. The van der Waals surface area contributed by atoms with Crippen molar-refractivity contribution < 1.29 is 13.6 Å². The first-order valence-electron chi connectivity index (χ1n) is 7.72. The van der Waals surface area contributed by atoms with E-state index in [2.05, 4.69) is 10.3 Å². The Kier molecular flexibility index (Phi) is 3.74. The first-order valence-corrected chi connectivity index (χ1v) is 7.72. The van der Waals surface area contributed by atoms with Gasteiger partial charge in [-0.05, 0) is 54.6 Å². The zero-order valence-corrected chi connectivity index (χ0v) is 13.1. The van der Waals surface area contributed by atoms with Crippen LogP contribution in [0.4, 0.5) is 10.1 Å². The van der Waals surface area contributed by atoms with Gasteiger partial charge in [0.2, 0.25) is 5.89 Å². The van der Waals surface area contributed by atoms with Crippen LogP contribution in [0.2, 0.25) is 0 Å². The summed E-state index contributed by atoms with van der Waals surface area (Å²) in [6.45, 7) is 0. The largest absolute Gasteiger partial charge is 0.436 e. The Labute approximate surface area is 142 Å². The molecule has 0 radical (unpaired) electrons. The van der Waals surface area contributed by atoms with Crippen molar-refractivity contribution in [3.8, 4) is 11.5 Å². The van der Waals surface area contributed by atoms with Gasteiger partial charge in [-0.3, -0.25) is 4.79 Å². The molecule has 1 amide bonds. The number of oxazole rings is 1. The quantitative estimate of drug-likeness (QED) is 0.581. The first-order chi connectivity index (χ1) is 12.2. The number of rotatable bonds is 3. The standard InChI is InChI=1S/C20H13FN2O2/c21-15-8-6-13(7-9-15)19(24)22-16-10-11-18-17(12-16)23-20(25-18)14-4-2-1-3-5-14/h1-12H,(H,22,24). The van der Waals surface area contributed by atoms with Crippen LogP contribution in [0.5, 0.6) is 0 Å². The zero-order chi connectivity index (χ0) is 17.2. The van der Waals surface area contributed by atoms with Crippen molar-refractivity contribution >= 4 is 22.7 Å². The second kappa shape index (κ2) is 6.20. The van der Waals surface area contributed by atoms with Crippen LogP contribution in [0.25, 0.3) is 22.6 Å². The van der Waals surface area contributed by atoms with Crippen molar-refractivity contribution in [2.45, 2.75) is 0 Å². The number of amides is 1. The van der Waals surface area contributed by atoms with Crippen LogP contribution in [0.1, 0.15) is 10.4 Å². The van der Waals surface area contributed by atoms with Crippen LogP contribution >= 0.6 is 0 Å². The number of carbonyl (C=O) groups is 1. The van der Waals surface area contributed by atoms with Gasteiger partial charge >= 0.3 is 0 Å². The maximum atomic E-state index is 12.9. The number of hydrogen-bond acceptors (Lipinski definition) is 3. The molecule has 1 aromatic heterocycles. The summed E-state index contributed by atoms with van der Waals surface area (Å²) in [5.41, 5.74) is 3.14. The van der Waals surface area contributed by atoms with E-state index in [0.717, 1.165) is 5.56 Å². The average Bonchev–Trinajstić information content (AvgIpc) is 3.06. The monoisotopic (exact) mass is 332 g/mol. The van der Waals surface area contributed by atoms with Crippen LogP contribution < -0.4 is 5.32 Å². The van der Waals surface area contributed by atoms with Crippen LogP contribution in [0.15, 0.2) is 77.2 Å². The highest BCUT2D eigenvalue weighted by Crippen LogP contribution is 2.26. The maximum absolute atomic E-state index is 12.9. The van der Waals surface area contributed by atoms with Gasteiger partial charge in [0.1, 0.15) is 11.3 Å². The molecular formula is C20H13FN2O2. The second-order valence-electron chi connectivity index (χ2n) is 5.53. The topological polar surface area (TPSA) is 55.1 Å². The van der Waals surface area contributed by atoms with E-state index in [1.807, 2.05) is 30.3 Å². The highest BCUT2D eigenvalue weighted by atomic mass is 19.1. The lowest BCUT2D eigenvalue weighted by Gasteiger charge is -2.04. The van der Waals surface area contributed by atoms with Gasteiger partial charge in [-0.1, -0.05) is 18.2 Å². The SMILES string of the molecule is O=C(Nc1ccc2oc(-c3ccccc3)nc2c1)c1ccc(F)cc1. The van der Waals surface area contributed by atoms with Gasteiger partial charge in [-0.2, -0.15) is 0 Å². The van der Waals surface area contributed by atoms with Crippen LogP contribution in [-0.2, 0) is 0 Å².